The van der Waals surface area contributed by atoms with Crippen LogP contribution < -0.4 is 4.90 Å². The van der Waals surface area contributed by atoms with Crippen LogP contribution in [0.15, 0.2) is 47.5 Å². The number of thiazole rings is 1. The lowest BCUT2D eigenvalue weighted by Crippen LogP contribution is -2.46. The molecule has 2 saturated heterocycles. The molecule has 158 valence electrons. The summed E-state index contributed by atoms with van der Waals surface area (Å²) in [6.07, 6.45) is 3.38. The second-order valence-corrected chi connectivity index (χ2v) is 10.9. The molecule has 2 aliphatic heterocycles. The molecular weight excluding hydrogens is 418 g/mol. The Hall–Kier alpha value is -2.07. The van der Waals surface area contributed by atoms with E-state index in [2.05, 4.69) is 33.0 Å². The van der Waals surface area contributed by atoms with Crippen LogP contribution in [0.3, 0.4) is 0 Å². The van der Waals surface area contributed by atoms with Crippen molar-refractivity contribution in [1.82, 2.24) is 19.2 Å². The summed E-state index contributed by atoms with van der Waals surface area (Å²) in [4.78, 5) is 14.1. The summed E-state index contributed by atoms with van der Waals surface area (Å²) in [5.41, 5.74) is 1.07. The van der Waals surface area contributed by atoms with Crippen LogP contribution in [0, 0.1) is 0 Å². The summed E-state index contributed by atoms with van der Waals surface area (Å²) < 4.78 is 28.1. The molecule has 0 bridgehead atoms. The molecular formula is C21H25N5O2S2. The van der Waals surface area contributed by atoms with Crippen LogP contribution in [-0.4, -0.2) is 66.9 Å². The number of para-hydroxylation sites is 1. The van der Waals surface area contributed by atoms with Gasteiger partial charge in [-0.25, -0.2) is 18.4 Å². The minimum atomic E-state index is -3.40. The van der Waals surface area contributed by atoms with Crippen molar-refractivity contribution in [3.05, 3.63) is 47.6 Å². The Bertz CT molecular complexity index is 1080. The van der Waals surface area contributed by atoms with E-state index in [1.807, 2.05) is 12.1 Å². The summed E-state index contributed by atoms with van der Waals surface area (Å²) >= 11 is 1.76. The molecule has 0 atom stereocenters. The molecule has 0 radical (unpaired) electrons. The third-order valence-electron chi connectivity index (χ3n) is 5.82. The van der Waals surface area contributed by atoms with Crippen LogP contribution in [0.25, 0.3) is 10.2 Å². The highest BCUT2D eigenvalue weighted by Crippen LogP contribution is 2.25. The number of pyridine rings is 1. The number of nitrogens with zero attached hydrogens (tertiary/aromatic N) is 5. The molecule has 0 unspecified atom stereocenters. The van der Waals surface area contributed by atoms with Crippen molar-refractivity contribution in [3.63, 3.8) is 0 Å². The van der Waals surface area contributed by atoms with Gasteiger partial charge in [-0.1, -0.05) is 12.1 Å². The lowest BCUT2D eigenvalue weighted by atomic mass is 10.3. The molecule has 2 aliphatic rings. The van der Waals surface area contributed by atoms with Gasteiger partial charge in [0.15, 0.2) is 0 Å². The maximum Gasteiger partial charge on any atom is 0.244 e. The zero-order chi connectivity index (χ0) is 20.6. The van der Waals surface area contributed by atoms with Gasteiger partial charge in [-0.2, -0.15) is 4.31 Å². The number of hydrogen-bond donors (Lipinski definition) is 0. The first-order valence-corrected chi connectivity index (χ1v) is 12.6. The molecule has 0 spiro atoms. The van der Waals surface area contributed by atoms with Crippen LogP contribution >= 0.6 is 11.3 Å². The number of rotatable bonds is 5. The van der Waals surface area contributed by atoms with E-state index in [1.165, 1.54) is 10.9 Å². The predicted octanol–water partition coefficient (Wildman–Crippen LogP) is 2.80. The predicted molar refractivity (Wildman–Crippen MR) is 119 cm³/mol. The normalized spacial score (nSPS) is 19.0. The number of aromatic nitrogens is 2. The van der Waals surface area contributed by atoms with E-state index in [1.54, 1.807) is 21.7 Å². The van der Waals surface area contributed by atoms with E-state index in [0.29, 0.717) is 18.0 Å². The third kappa shape index (κ3) is 3.94. The summed E-state index contributed by atoms with van der Waals surface area (Å²) in [5.74, 6) is 0.843. The van der Waals surface area contributed by atoms with Gasteiger partial charge in [0.25, 0.3) is 0 Å². The topological polar surface area (TPSA) is 69.6 Å². The van der Waals surface area contributed by atoms with Crippen molar-refractivity contribution in [2.45, 2.75) is 24.3 Å². The molecule has 30 heavy (non-hydrogen) atoms. The average molecular weight is 444 g/mol. The minimum Gasteiger partial charge on any atom is -0.354 e. The fourth-order valence-corrected chi connectivity index (χ4v) is 6.58. The molecule has 5 rings (SSSR count). The van der Waals surface area contributed by atoms with Gasteiger partial charge in [0.1, 0.15) is 15.7 Å². The first kappa shape index (κ1) is 19.9. The molecule has 0 aliphatic carbocycles. The molecule has 9 heteroatoms. The molecule has 2 aromatic heterocycles. The van der Waals surface area contributed by atoms with Gasteiger partial charge < -0.3 is 4.90 Å². The van der Waals surface area contributed by atoms with Crippen molar-refractivity contribution in [2.75, 3.05) is 44.2 Å². The second-order valence-electron chi connectivity index (χ2n) is 7.80. The molecule has 1 aromatic carbocycles. The van der Waals surface area contributed by atoms with E-state index in [4.69, 9.17) is 4.98 Å². The molecule has 4 heterocycles. The Morgan fingerprint density at radius 1 is 0.933 bits per heavy atom. The zero-order valence-electron chi connectivity index (χ0n) is 16.8. The fraction of sp³-hybridized carbons (Fsp3) is 0.429. The van der Waals surface area contributed by atoms with Crippen LogP contribution in [0.5, 0.6) is 0 Å². The van der Waals surface area contributed by atoms with E-state index in [0.717, 1.165) is 61.9 Å². The fourth-order valence-electron chi connectivity index (χ4n) is 4.10. The molecule has 0 N–H and O–H groups in total. The highest BCUT2D eigenvalue weighted by molar-refractivity contribution is 7.89. The van der Waals surface area contributed by atoms with E-state index in [-0.39, 0.29) is 0 Å². The smallest absolute Gasteiger partial charge is 0.244 e. The second kappa shape index (κ2) is 8.22. The number of hydrogen-bond acceptors (Lipinski definition) is 7. The molecule has 0 amide bonds. The van der Waals surface area contributed by atoms with E-state index < -0.39 is 10.0 Å². The number of sulfonamides is 1. The van der Waals surface area contributed by atoms with Crippen LogP contribution in [0.2, 0.25) is 0 Å². The third-order valence-corrected chi connectivity index (χ3v) is 8.72. The van der Waals surface area contributed by atoms with Crippen molar-refractivity contribution in [1.29, 1.82) is 0 Å². The summed E-state index contributed by atoms with van der Waals surface area (Å²) in [6.45, 7) is 5.71. The van der Waals surface area contributed by atoms with Crippen molar-refractivity contribution in [3.8, 4) is 0 Å². The number of anilines is 1. The van der Waals surface area contributed by atoms with Crippen LogP contribution in [0.4, 0.5) is 5.82 Å². The Morgan fingerprint density at radius 3 is 2.40 bits per heavy atom. The molecule has 0 saturated carbocycles. The lowest BCUT2D eigenvalue weighted by Gasteiger charge is -2.35. The largest absolute Gasteiger partial charge is 0.354 e. The summed E-state index contributed by atoms with van der Waals surface area (Å²) in [6, 6.07) is 11.8. The minimum absolute atomic E-state index is 0.294. The molecule has 2 fully saturated rings. The van der Waals surface area contributed by atoms with Gasteiger partial charge in [-0.05, 0) is 37.1 Å². The van der Waals surface area contributed by atoms with Gasteiger partial charge in [0.2, 0.25) is 10.0 Å². The summed E-state index contributed by atoms with van der Waals surface area (Å²) in [7, 11) is -3.40. The average Bonchev–Trinajstić information content (AvgIpc) is 3.44. The van der Waals surface area contributed by atoms with Crippen LogP contribution in [0.1, 0.15) is 17.8 Å². The standard InChI is InChI=1S/C21H25N5O2S2/c27-30(28,26-9-3-4-10-26)17-7-8-20(22-15-17)25-13-11-24(12-14-25)16-21-23-18-5-1-2-6-19(18)29-21/h1-2,5-8,15H,3-4,9-14,16H2. The lowest BCUT2D eigenvalue weighted by molar-refractivity contribution is 0.249. The Morgan fingerprint density at radius 2 is 1.70 bits per heavy atom. The number of fused-ring (bicyclic) bond motifs is 1. The first-order valence-electron chi connectivity index (χ1n) is 10.4. The van der Waals surface area contributed by atoms with Gasteiger partial charge in [0.05, 0.1) is 16.8 Å². The van der Waals surface area contributed by atoms with Crippen molar-refractivity contribution < 1.29 is 8.42 Å². The Labute approximate surface area is 181 Å². The van der Waals surface area contributed by atoms with Crippen LogP contribution in [-0.2, 0) is 16.6 Å². The van der Waals surface area contributed by atoms with Crippen molar-refractivity contribution >= 4 is 37.4 Å². The SMILES string of the molecule is O=S(=O)(c1ccc(N2CCN(Cc3nc4ccccc4s3)CC2)nc1)N1CCCC1. The van der Waals surface area contributed by atoms with Crippen molar-refractivity contribution in [2.24, 2.45) is 0 Å². The quantitative estimate of drug-likeness (QED) is 0.604. The number of piperazine rings is 1. The maximum absolute atomic E-state index is 12.7. The van der Waals surface area contributed by atoms with Gasteiger partial charge in [-0.15, -0.1) is 11.3 Å². The zero-order valence-corrected chi connectivity index (χ0v) is 18.4. The van der Waals surface area contributed by atoms with Gasteiger partial charge in [-0.3, -0.25) is 4.90 Å². The summed E-state index contributed by atoms with van der Waals surface area (Å²) in [5, 5.41) is 1.15. The highest BCUT2D eigenvalue weighted by atomic mass is 32.2. The van der Waals surface area contributed by atoms with Gasteiger partial charge in [0, 0.05) is 45.5 Å². The highest BCUT2D eigenvalue weighted by Gasteiger charge is 2.28. The number of benzene rings is 1. The molecule has 3 aromatic rings. The van der Waals surface area contributed by atoms with E-state index in [9.17, 15) is 8.42 Å². The molecule has 7 nitrogen and oxygen atoms in total. The van der Waals surface area contributed by atoms with Gasteiger partial charge >= 0.3 is 0 Å². The Balaban J connectivity index is 1.20. The maximum atomic E-state index is 12.7. The van der Waals surface area contributed by atoms with E-state index >= 15 is 0 Å². The monoisotopic (exact) mass is 443 g/mol. The Kier molecular flexibility index (Phi) is 5.44. The first-order chi connectivity index (χ1) is 14.6.